The summed E-state index contributed by atoms with van der Waals surface area (Å²) in [5.74, 6) is -0.879. The second-order valence-corrected chi connectivity index (χ2v) is 9.93. The van der Waals surface area contributed by atoms with E-state index in [1.54, 1.807) is 18.3 Å². The molecule has 1 aliphatic heterocycles. The average molecular weight is 545 g/mol. The smallest absolute Gasteiger partial charge is 0.224 e. The normalized spacial score (nSPS) is 15.9. The van der Waals surface area contributed by atoms with Gasteiger partial charge in [-0.1, -0.05) is 48.4 Å². The summed E-state index contributed by atoms with van der Waals surface area (Å²) in [5, 5.41) is 6.01. The van der Waals surface area contributed by atoms with E-state index in [1.165, 1.54) is 30.5 Å². The maximum absolute atomic E-state index is 14.2. The zero-order valence-electron chi connectivity index (χ0n) is 21.1. The van der Waals surface area contributed by atoms with Crippen LogP contribution in [0.4, 0.5) is 20.2 Å². The number of carbonyl (C=O) groups excluding carboxylic acids is 1. The molecule has 0 radical (unpaired) electrons. The Morgan fingerprint density at radius 3 is 2.54 bits per heavy atom. The fourth-order valence-electron chi connectivity index (χ4n) is 4.92. The molecule has 5 nitrogen and oxygen atoms in total. The zero-order valence-corrected chi connectivity index (χ0v) is 21.8. The Morgan fingerprint density at radius 1 is 0.974 bits per heavy atom. The van der Waals surface area contributed by atoms with Crippen molar-refractivity contribution in [2.75, 3.05) is 10.6 Å². The van der Waals surface area contributed by atoms with Gasteiger partial charge in [0.1, 0.15) is 16.8 Å². The van der Waals surface area contributed by atoms with Gasteiger partial charge in [0.2, 0.25) is 5.91 Å². The van der Waals surface area contributed by atoms with Crippen LogP contribution in [0, 0.1) is 11.6 Å². The Balaban J connectivity index is 1.52. The molecule has 1 amide bonds. The number of rotatable bonds is 4. The Hall–Kier alpha value is -4.23. The number of nitrogens with zero attached hydrogens (tertiary/aromatic N) is 1. The molecule has 2 bridgehead atoms. The Labute approximate surface area is 230 Å². The lowest BCUT2D eigenvalue weighted by molar-refractivity contribution is -0.116. The lowest BCUT2D eigenvalue weighted by atomic mass is 9.87. The molecule has 1 aliphatic rings. The van der Waals surface area contributed by atoms with Crippen LogP contribution >= 0.6 is 11.6 Å². The van der Waals surface area contributed by atoms with E-state index in [-0.39, 0.29) is 28.6 Å². The topological polar surface area (TPSA) is 80.0 Å². The molecular formula is C31H27ClF2N4O. The van der Waals surface area contributed by atoms with Crippen molar-refractivity contribution in [2.24, 2.45) is 5.73 Å². The number of nitrogens with two attached hydrogens (primary N) is 1. The van der Waals surface area contributed by atoms with Gasteiger partial charge in [-0.25, -0.2) is 8.78 Å². The molecule has 4 aromatic rings. The van der Waals surface area contributed by atoms with Gasteiger partial charge >= 0.3 is 0 Å². The highest BCUT2D eigenvalue weighted by Gasteiger charge is 2.20. The fourth-order valence-corrected chi connectivity index (χ4v) is 4.97. The summed E-state index contributed by atoms with van der Waals surface area (Å²) in [4.78, 5) is 17.3. The number of hydrogen-bond acceptors (Lipinski definition) is 4. The van der Waals surface area contributed by atoms with Gasteiger partial charge < -0.3 is 16.4 Å². The number of anilines is 2. The quantitative estimate of drug-likeness (QED) is 0.229. The second-order valence-electron chi connectivity index (χ2n) is 9.50. The van der Waals surface area contributed by atoms with Crippen molar-refractivity contribution in [3.8, 4) is 22.3 Å². The highest BCUT2D eigenvalue weighted by molar-refractivity contribution is 6.29. The van der Waals surface area contributed by atoms with Crippen LogP contribution < -0.4 is 16.4 Å². The highest BCUT2D eigenvalue weighted by atomic mass is 35.5. The van der Waals surface area contributed by atoms with Crippen LogP contribution in [0.3, 0.4) is 0 Å². The molecule has 0 saturated heterocycles. The number of benzene rings is 3. The van der Waals surface area contributed by atoms with E-state index >= 15 is 0 Å². The minimum Gasteiger partial charge on any atom is -0.388 e. The van der Waals surface area contributed by atoms with Gasteiger partial charge in [-0.15, -0.1) is 0 Å². The van der Waals surface area contributed by atoms with E-state index in [1.807, 2.05) is 36.4 Å². The minimum atomic E-state index is -0.376. The van der Waals surface area contributed by atoms with E-state index in [2.05, 4.69) is 10.6 Å². The molecule has 1 unspecified atom stereocenters. The third-order valence-electron chi connectivity index (χ3n) is 6.80. The summed E-state index contributed by atoms with van der Waals surface area (Å²) in [6.07, 6.45) is 5.85. The monoisotopic (exact) mass is 544 g/mol. The third-order valence-corrected chi connectivity index (χ3v) is 6.91. The Bertz CT molecular complexity index is 1530. The number of nitrogens with one attached hydrogen (secondary N) is 2. The molecule has 0 spiro atoms. The zero-order chi connectivity index (χ0) is 27.4. The van der Waals surface area contributed by atoms with Crippen LogP contribution in [0.1, 0.15) is 42.9 Å². The lowest BCUT2D eigenvalue weighted by Crippen LogP contribution is -2.13. The van der Waals surface area contributed by atoms with Gasteiger partial charge in [0, 0.05) is 58.5 Å². The summed E-state index contributed by atoms with van der Waals surface area (Å²) in [6, 6.07) is 20.6. The molecule has 198 valence electrons. The van der Waals surface area contributed by atoms with Gasteiger partial charge in [-0.3, -0.25) is 9.78 Å². The van der Waals surface area contributed by atoms with Gasteiger partial charge in [0.05, 0.1) is 0 Å². The van der Waals surface area contributed by atoms with E-state index in [9.17, 15) is 13.6 Å². The summed E-state index contributed by atoms with van der Waals surface area (Å²) in [7, 11) is 0. The number of halogens is 3. The molecule has 0 aliphatic carbocycles. The molecule has 5 rings (SSSR count). The minimum absolute atomic E-state index is 0.0393. The van der Waals surface area contributed by atoms with Crippen molar-refractivity contribution in [1.29, 1.82) is 0 Å². The second kappa shape index (κ2) is 11.7. The number of pyridine rings is 1. The number of hydrogen-bond donors (Lipinski definition) is 3. The molecule has 0 fully saturated rings. The van der Waals surface area contributed by atoms with Gasteiger partial charge in [0.25, 0.3) is 0 Å². The first-order valence-electron chi connectivity index (χ1n) is 12.7. The molecule has 4 N–H and O–H groups in total. The van der Waals surface area contributed by atoms with Crippen molar-refractivity contribution < 1.29 is 13.6 Å². The molecule has 8 heteroatoms. The van der Waals surface area contributed by atoms with Crippen LogP contribution in [0.5, 0.6) is 0 Å². The van der Waals surface area contributed by atoms with E-state index in [4.69, 9.17) is 22.3 Å². The molecule has 3 aromatic carbocycles. The number of carbonyl (C=O) groups is 1. The van der Waals surface area contributed by atoms with Crippen molar-refractivity contribution in [1.82, 2.24) is 4.98 Å². The van der Waals surface area contributed by atoms with Gasteiger partial charge in [-0.05, 0) is 66.4 Å². The maximum atomic E-state index is 14.2. The van der Waals surface area contributed by atoms with Gasteiger partial charge in [-0.2, -0.15) is 0 Å². The number of amides is 1. The SMILES string of the molecule is N/C(Cl)=C\Nc1ccc(F)cc1-c1ccc(C2CCCCC(=O)Nc3ccc(F)cc3-c3cccc2c3)nc1. The van der Waals surface area contributed by atoms with Crippen molar-refractivity contribution >= 4 is 28.9 Å². The van der Waals surface area contributed by atoms with E-state index < -0.39 is 0 Å². The summed E-state index contributed by atoms with van der Waals surface area (Å²) >= 11 is 5.75. The van der Waals surface area contributed by atoms with Crippen LogP contribution in [0.25, 0.3) is 22.3 Å². The van der Waals surface area contributed by atoms with Crippen LogP contribution in [0.2, 0.25) is 0 Å². The Morgan fingerprint density at radius 2 is 1.77 bits per heavy atom. The first-order valence-corrected chi connectivity index (χ1v) is 13.1. The Kier molecular flexibility index (Phi) is 7.89. The molecule has 1 aromatic heterocycles. The molecule has 39 heavy (non-hydrogen) atoms. The van der Waals surface area contributed by atoms with Crippen molar-refractivity contribution in [3.63, 3.8) is 0 Å². The van der Waals surface area contributed by atoms with Crippen LogP contribution in [-0.4, -0.2) is 10.9 Å². The third kappa shape index (κ3) is 6.26. The predicted octanol–water partition coefficient (Wildman–Crippen LogP) is 7.75. The maximum Gasteiger partial charge on any atom is 0.224 e. The standard InChI is InChI=1S/C31H27ClF2N4O/c32-30(35)18-37-28-12-9-22(33)16-26(28)21-8-11-27(36-17-21)24-6-1-2-7-31(39)38-29-13-10-23(34)15-25(29)20-5-3-4-19(24)14-20/h3-5,8-18,24,37H,1-2,6-7,35H2,(H,38,39)/b30-18-. The summed E-state index contributed by atoms with van der Waals surface area (Å²) < 4.78 is 28.3. The number of aromatic nitrogens is 1. The van der Waals surface area contributed by atoms with Gasteiger partial charge in [0.15, 0.2) is 0 Å². The first kappa shape index (κ1) is 26.4. The molecular weight excluding hydrogens is 518 g/mol. The van der Waals surface area contributed by atoms with Crippen molar-refractivity contribution in [2.45, 2.75) is 31.6 Å². The van der Waals surface area contributed by atoms with E-state index in [0.29, 0.717) is 35.3 Å². The highest BCUT2D eigenvalue weighted by Crippen LogP contribution is 2.36. The average Bonchev–Trinajstić information content (AvgIpc) is 2.93. The molecule has 0 saturated carbocycles. The van der Waals surface area contributed by atoms with Crippen LogP contribution in [0.15, 0.2) is 90.3 Å². The van der Waals surface area contributed by atoms with E-state index in [0.717, 1.165) is 35.2 Å². The lowest BCUT2D eigenvalue weighted by Gasteiger charge is -2.20. The largest absolute Gasteiger partial charge is 0.388 e. The van der Waals surface area contributed by atoms with Crippen LogP contribution in [-0.2, 0) is 4.79 Å². The number of fused-ring (bicyclic) bond motifs is 4. The first-order chi connectivity index (χ1) is 18.9. The summed E-state index contributed by atoms with van der Waals surface area (Å²) in [5.41, 5.74) is 11.4. The molecule has 1 atom stereocenters. The fraction of sp³-hybridized carbons (Fsp3) is 0.161. The molecule has 2 heterocycles. The predicted molar refractivity (Wildman–Crippen MR) is 152 cm³/mol. The van der Waals surface area contributed by atoms with Crippen molar-refractivity contribution in [3.05, 3.63) is 113 Å². The summed E-state index contributed by atoms with van der Waals surface area (Å²) in [6.45, 7) is 0.